The molecular weight excluding hydrogens is 284 g/mol. The van der Waals surface area contributed by atoms with Gasteiger partial charge in [0.05, 0.1) is 0 Å². The van der Waals surface area contributed by atoms with Gasteiger partial charge in [-0.3, -0.25) is 0 Å². The van der Waals surface area contributed by atoms with E-state index in [0.717, 1.165) is 12.1 Å². The molecule has 2 rings (SSSR count). The van der Waals surface area contributed by atoms with Gasteiger partial charge in [0.1, 0.15) is 0 Å². The molecule has 2 amide bonds. The molecular formula is C17H19ClN2O. The van der Waals surface area contributed by atoms with Gasteiger partial charge in [-0.25, -0.2) is 4.79 Å². The molecule has 2 N–H and O–H groups in total. The molecule has 0 unspecified atom stereocenters. The van der Waals surface area contributed by atoms with Crippen molar-refractivity contribution in [2.75, 3.05) is 10.6 Å². The lowest BCUT2D eigenvalue weighted by molar-refractivity contribution is 0.262. The number of nitrogens with one attached hydrogen (secondary N) is 2. The lowest BCUT2D eigenvalue weighted by Crippen LogP contribution is -2.19. The van der Waals surface area contributed by atoms with Crippen LogP contribution in [0.3, 0.4) is 0 Å². The Hall–Kier alpha value is -2.00. The van der Waals surface area contributed by atoms with Crippen LogP contribution in [0, 0.1) is 0 Å². The van der Waals surface area contributed by atoms with Crippen LogP contribution in [0.4, 0.5) is 16.2 Å². The van der Waals surface area contributed by atoms with E-state index in [-0.39, 0.29) is 6.03 Å². The van der Waals surface area contributed by atoms with Crippen molar-refractivity contribution in [2.24, 2.45) is 0 Å². The highest BCUT2D eigenvalue weighted by molar-refractivity contribution is 6.30. The summed E-state index contributed by atoms with van der Waals surface area (Å²) in [5.41, 5.74) is 2.75. The van der Waals surface area contributed by atoms with Gasteiger partial charge in [-0.05, 0) is 54.3 Å². The number of hydrogen-bond acceptors (Lipinski definition) is 1. The maximum absolute atomic E-state index is 11.9. The number of carbonyl (C=O) groups excluding carboxylic acids is 1. The standard InChI is InChI=1S/C17H19ClN2O/c1-3-12(2)13-4-8-15(9-5-13)19-17(21)20-16-10-6-14(18)7-11-16/h4-12H,3H2,1-2H3,(H2,19,20,21)/t12-/m0/s1. The van der Waals surface area contributed by atoms with Crippen molar-refractivity contribution in [3.05, 3.63) is 59.1 Å². The van der Waals surface area contributed by atoms with E-state index in [4.69, 9.17) is 11.6 Å². The lowest BCUT2D eigenvalue weighted by Gasteiger charge is -2.11. The molecule has 0 aromatic heterocycles. The van der Waals surface area contributed by atoms with Gasteiger partial charge >= 0.3 is 6.03 Å². The summed E-state index contributed by atoms with van der Waals surface area (Å²) in [4.78, 5) is 11.9. The van der Waals surface area contributed by atoms with Crippen molar-refractivity contribution in [3.8, 4) is 0 Å². The van der Waals surface area contributed by atoms with E-state index in [0.29, 0.717) is 16.6 Å². The fourth-order valence-corrected chi connectivity index (χ4v) is 2.08. The number of benzene rings is 2. The van der Waals surface area contributed by atoms with E-state index in [1.165, 1.54) is 5.56 Å². The van der Waals surface area contributed by atoms with E-state index in [1.807, 2.05) is 24.3 Å². The zero-order valence-corrected chi connectivity index (χ0v) is 12.9. The van der Waals surface area contributed by atoms with Crippen LogP contribution in [0.2, 0.25) is 5.02 Å². The first-order valence-corrected chi connectivity index (χ1v) is 7.40. The molecule has 2 aromatic rings. The molecule has 0 aliphatic rings. The first-order chi connectivity index (χ1) is 10.1. The van der Waals surface area contributed by atoms with Crippen LogP contribution < -0.4 is 10.6 Å². The average Bonchev–Trinajstić information content (AvgIpc) is 2.49. The summed E-state index contributed by atoms with van der Waals surface area (Å²) in [6.45, 7) is 4.35. The highest BCUT2D eigenvalue weighted by atomic mass is 35.5. The number of urea groups is 1. The Morgan fingerprint density at radius 1 is 1.00 bits per heavy atom. The van der Waals surface area contributed by atoms with E-state index >= 15 is 0 Å². The number of amides is 2. The fraction of sp³-hybridized carbons (Fsp3) is 0.235. The quantitative estimate of drug-likeness (QED) is 0.769. The van der Waals surface area contributed by atoms with Crippen molar-refractivity contribution in [2.45, 2.75) is 26.2 Å². The summed E-state index contributed by atoms with van der Waals surface area (Å²) >= 11 is 5.80. The van der Waals surface area contributed by atoms with Crippen molar-refractivity contribution in [1.82, 2.24) is 0 Å². The largest absolute Gasteiger partial charge is 0.323 e. The predicted molar refractivity (Wildman–Crippen MR) is 89.2 cm³/mol. The summed E-state index contributed by atoms with van der Waals surface area (Å²) in [6, 6.07) is 14.6. The summed E-state index contributed by atoms with van der Waals surface area (Å²) in [5.74, 6) is 0.530. The number of rotatable bonds is 4. The van der Waals surface area contributed by atoms with Gasteiger partial charge in [0.25, 0.3) is 0 Å². The van der Waals surface area contributed by atoms with Crippen LogP contribution in [-0.2, 0) is 0 Å². The van der Waals surface area contributed by atoms with Crippen LogP contribution in [0.5, 0.6) is 0 Å². The molecule has 0 saturated carbocycles. The molecule has 4 heteroatoms. The monoisotopic (exact) mass is 302 g/mol. The highest BCUT2D eigenvalue weighted by Gasteiger charge is 2.05. The molecule has 1 atom stereocenters. The molecule has 0 aliphatic heterocycles. The van der Waals surface area contributed by atoms with Gasteiger partial charge in [0, 0.05) is 16.4 Å². The second-order valence-corrected chi connectivity index (χ2v) is 5.45. The molecule has 0 bridgehead atoms. The van der Waals surface area contributed by atoms with E-state index in [2.05, 4.69) is 24.5 Å². The third-order valence-corrected chi connectivity index (χ3v) is 3.70. The topological polar surface area (TPSA) is 41.1 Å². The Labute approximate surface area is 130 Å². The summed E-state index contributed by atoms with van der Waals surface area (Å²) in [6.07, 6.45) is 1.10. The number of anilines is 2. The van der Waals surface area contributed by atoms with Crippen molar-refractivity contribution in [1.29, 1.82) is 0 Å². The summed E-state index contributed by atoms with van der Waals surface area (Å²) in [5, 5.41) is 6.20. The molecule has 0 saturated heterocycles. The van der Waals surface area contributed by atoms with E-state index in [9.17, 15) is 4.79 Å². The van der Waals surface area contributed by atoms with Gasteiger partial charge in [-0.1, -0.05) is 37.6 Å². The van der Waals surface area contributed by atoms with Gasteiger partial charge < -0.3 is 10.6 Å². The molecule has 0 heterocycles. The third-order valence-electron chi connectivity index (χ3n) is 3.45. The number of hydrogen-bond donors (Lipinski definition) is 2. The Bertz CT molecular complexity index is 593. The van der Waals surface area contributed by atoms with Gasteiger partial charge in [0.15, 0.2) is 0 Å². The SMILES string of the molecule is CC[C@H](C)c1ccc(NC(=O)Nc2ccc(Cl)cc2)cc1. The molecule has 3 nitrogen and oxygen atoms in total. The molecule has 0 radical (unpaired) electrons. The lowest BCUT2D eigenvalue weighted by atomic mass is 9.99. The van der Waals surface area contributed by atoms with E-state index < -0.39 is 0 Å². The molecule has 0 aliphatic carbocycles. The van der Waals surface area contributed by atoms with Crippen molar-refractivity contribution >= 4 is 29.0 Å². The molecule has 2 aromatic carbocycles. The zero-order chi connectivity index (χ0) is 15.2. The van der Waals surface area contributed by atoms with Crippen LogP contribution in [0.15, 0.2) is 48.5 Å². The Morgan fingerprint density at radius 2 is 1.48 bits per heavy atom. The molecule has 0 fully saturated rings. The molecule has 110 valence electrons. The van der Waals surface area contributed by atoms with Gasteiger partial charge in [0.2, 0.25) is 0 Å². The molecule has 0 spiro atoms. The van der Waals surface area contributed by atoms with Gasteiger partial charge in [-0.2, -0.15) is 0 Å². The van der Waals surface area contributed by atoms with Crippen LogP contribution in [0.25, 0.3) is 0 Å². The average molecular weight is 303 g/mol. The second kappa shape index (κ2) is 7.14. The minimum Gasteiger partial charge on any atom is -0.308 e. The fourth-order valence-electron chi connectivity index (χ4n) is 1.96. The number of halogens is 1. The third kappa shape index (κ3) is 4.50. The first kappa shape index (κ1) is 15.4. The number of carbonyl (C=O) groups is 1. The maximum Gasteiger partial charge on any atom is 0.323 e. The predicted octanol–water partition coefficient (Wildman–Crippen LogP) is 5.50. The normalized spacial score (nSPS) is 11.8. The Balaban J connectivity index is 1.94. The Kier molecular flexibility index (Phi) is 5.23. The van der Waals surface area contributed by atoms with Crippen molar-refractivity contribution in [3.63, 3.8) is 0 Å². The van der Waals surface area contributed by atoms with Crippen molar-refractivity contribution < 1.29 is 4.79 Å². The van der Waals surface area contributed by atoms with Crippen LogP contribution in [-0.4, -0.2) is 6.03 Å². The van der Waals surface area contributed by atoms with E-state index in [1.54, 1.807) is 24.3 Å². The first-order valence-electron chi connectivity index (χ1n) is 7.02. The minimum absolute atomic E-state index is 0.270. The summed E-state index contributed by atoms with van der Waals surface area (Å²) < 4.78 is 0. The van der Waals surface area contributed by atoms with Crippen LogP contribution >= 0.6 is 11.6 Å². The van der Waals surface area contributed by atoms with Crippen LogP contribution in [0.1, 0.15) is 31.7 Å². The highest BCUT2D eigenvalue weighted by Crippen LogP contribution is 2.20. The summed E-state index contributed by atoms with van der Waals surface area (Å²) in [7, 11) is 0. The Morgan fingerprint density at radius 3 is 1.95 bits per heavy atom. The minimum atomic E-state index is -0.270. The zero-order valence-electron chi connectivity index (χ0n) is 12.2. The molecule has 21 heavy (non-hydrogen) atoms. The maximum atomic E-state index is 11.9. The van der Waals surface area contributed by atoms with Gasteiger partial charge in [-0.15, -0.1) is 0 Å². The smallest absolute Gasteiger partial charge is 0.308 e. The second-order valence-electron chi connectivity index (χ2n) is 5.02.